The Hall–Kier alpha value is -1.84. The van der Waals surface area contributed by atoms with Crippen molar-refractivity contribution in [1.82, 2.24) is 5.32 Å². The van der Waals surface area contributed by atoms with E-state index in [1.165, 1.54) is 5.56 Å². The highest BCUT2D eigenvalue weighted by Crippen LogP contribution is 2.52. The van der Waals surface area contributed by atoms with Crippen LogP contribution in [0.4, 0.5) is 0 Å². The van der Waals surface area contributed by atoms with Crippen molar-refractivity contribution in [3.63, 3.8) is 0 Å². The first-order valence-corrected chi connectivity index (χ1v) is 7.71. The van der Waals surface area contributed by atoms with Crippen LogP contribution in [0.3, 0.4) is 0 Å². The van der Waals surface area contributed by atoms with E-state index in [0.717, 1.165) is 25.7 Å². The lowest BCUT2D eigenvalue weighted by atomic mass is 9.78. The first-order valence-electron chi connectivity index (χ1n) is 7.71. The van der Waals surface area contributed by atoms with Gasteiger partial charge in [-0.2, -0.15) is 0 Å². The van der Waals surface area contributed by atoms with Gasteiger partial charge in [-0.1, -0.05) is 30.3 Å². The maximum Gasteiger partial charge on any atom is 0.307 e. The van der Waals surface area contributed by atoms with Crippen molar-refractivity contribution in [1.29, 1.82) is 0 Å². The summed E-state index contributed by atoms with van der Waals surface area (Å²) in [5.74, 6) is -1.18. The van der Waals surface area contributed by atoms with Crippen LogP contribution in [0.5, 0.6) is 0 Å². The molecule has 0 aliphatic heterocycles. The summed E-state index contributed by atoms with van der Waals surface area (Å²) in [4.78, 5) is 23.8. The standard InChI is InChI=1S/C17H21NO3/c19-16(18-9-8-11-4-2-1-3-5-11)14-12-6-7-13(10-12)15(14)17(20)21/h1-5,12-15H,6-10H2,(H,18,19)(H,20,21)/t12-,13+,14+,15+/m1/s1. The molecule has 0 unspecified atom stereocenters. The van der Waals surface area contributed by atoms with Crippen LogP contribution in [0.25, 0.3) is 0 Å². The van der Waals surface area contributed by atoms with Gasteiger partial charge in [-0.05, 0) is 43.1 Å². The molecule has 1 aromatic rings. The molecule has 1 amide bonds. The molecule has 2 saturated carbocycles. The molecule has 4 heteroatoms. The summed E-state index contributed by atoms with van der Waals surface area (Å²) in [5.41, 5.74) is 1.18. The molecule has 2 N–H and O–H groups in total. The van der Waals surface area contributed by atoms with Gasteiger partial charge in [-0.25, -0.2) is 0 Å². The molecule has 0 radical (unpaired) electrons. The number of carbonyl (C=O) groups is 2. The fraction of sp³-hybridized carbons (Fsp3) is 0.529. The van der Waals surface area contributed by atoms with Crippen molar-refractivity contribution in [2.24, 2.45) is 23.7 Å². The van der Waals surface area contributed by atoms with Gasteiger partial charge in [-0.15, -0.1) is 0 Å². The second kappa shape index (κ2) is 5.88. The van der Waals surface area contributed by atoms with Crippen LogP contribution >= 0.6 is 0 Å². The maximum atomic E-state index is 12.4. The largest absolute Gasteiger partial charge is 0.481 e. The molecule has 0 saturated heterocycles. The van der Waals surface area contributed by atoms with E-state index < -0.39 is 11.9 Å². The second-order valence-electron chi connectivity index (χ2n) is 6.25. The van der Waals surface area contributed by atoms with Gasteiger partial charge in [0.1, 0.15) is 0 Å². The van der Waals surface area contributed by atoms with Crippen LogP contribution in [-0.2, 0) is 16.0 Å². The van der Waals surface area contributed by atoms with Gasteiger partial charge in [0.05, 0.1) is 11.8 Å². The highest BCUT2D eigenvalue weighted by Gasteiger charge is 2.53. The molecule has 0 aromatic heterocycles. The summed E-state index contributed by atoms with van der Waals surface area (Å²) in [6, 6.07) is 9.99. The molecule has 4 atom stereocenters. The Morgan fingerprint density at radius 2 is 1.76 bits per heavy atom. The van der Waals surface area contributed by atoms with Gasteiger partial charge in [0.15, 0.2) is 0 Å². The van der Waals surface area contributed by atoms with Crippen molar-refractivity contribution in [3.05, 3.63) is 35.9 Å². The van der Waals surface area contributed by atoms with E-state index in [-0.39, 0.29) is 23.7 Å². The Labute approximate surface area is 124 Å². The zero-order valence-corrected chi connectivity index (χ0v) is 12.0. The van der Waals surface area contributed by atoms with Crippen molar-refractivity contribution in [2.45, 2.75) is 25.7 Å². The highest BCUT2D eigenvalue weighted by atomic mass is 16.4. The average molecular weight is 287 g/mol. The Morgan fingerprint density at radius 3 is 2.43 bits per heavy atom. The number of carboxylic acid groups (broad SMARTS) is 1. The smallest absolute Gasteiger partial charge is 0.307 e. The molecule has 4 nitrogen and oxygen atoms in total. The van der Waals surface area contributed by atoms with E-state index >= 15 is 0 Å². The third-order valence-electron chi connectivity index (χ3n) is 5.06. The third kappa shape index (κ3) is 2.80. The van der Waals surface area contributed by atoms with E-state index in [1.807, 2.05) is 30.3 Å². The lowest BCUT2D eigenvalue weighted by Crippen LogP contribution is -2.41. The quantitative estimate of drug-likeness (QED) is 0.871. The van der Waals surface area contributed by atoms with Crippen molar-refractivity contribution in [3.8, 4) is 0 Å². The molecular weight excluding hydrogens is 266 g/mol. The molecule has 0 heterocycles. The normalized spacial score (nSPS) is 30.3. The van der Waals surface area contributed by atoms with Gasteiger partial charge in [0.2, 0.25) is 5.91 Å². The van der Waals surface area contributed by atoms with Crippen LogP contribution < -0.4 is 5.32 Å². The predicted octanol–water partition coefficient (Wildman–Crippen LogP) is 2.09. The number of hydrogen-bond acceptors (Lipinski definition) is 2. The molecule has 1 aromatic carbocycles. The van der Waals surface area contributed by atoms with E-state index in [0.29, 0.717) is 6.54 Å². The second-order valence-corrected chi connectivity index (χ2v) is 6.25. The molecule has 0 spiro atoms. The molecule has 2 bridgehead atoms. The fourth-order valence-corrected chi connectivity index (χ4v) is 4.12. The van der Waals surface area contributed by atoms with Crippen LogP contribution in [0.2, 0.25) is 0 Å². The summed E-state index contributed by atoms with van der Waals surface area (Å²) < 4.78 is 0. The summed E-state index contributed by atoms with van der Waals surface area (Å²) in [5, 5.41) is 12.3. The lowest BCUT2D eigenvalue weighted by Gasteiger charge is -2.27. The third-order valence-corrected chi connectivity index (χ3v) is 5.06. The van der Waals surface area contributed by atoms with Gasteiger partial charge < -0.3 is 10.4 Å². The van der Waals surface area contributed by atoms with Gasteiger partial charge >= 0.3 is 5.97 Å². The molecule has 112 valence electrons. The minimum absolute atomic E-state index is 0.0643. The average Bonchev–Trinajstić information content (AvgIpc) is 3.08. The zero-order valence-electron chi connectivity index (χ0n) is 12.0. The van der Waals surface area contributed by atoms with Gasteiger partial charge in [-0.3, -0.25) is 9.59 Å². The van der Waals surface area contributed by atoms with E-state index in [1.54, 1.807) is 0 Å². The zero-order chi connectivity index (χ0) is 14.8. The maximum absolute atomic E-state index is 12.4. The minimum Gasteiger partial charge on any atom is -0.481 e. The van der Waals surface area contributed by atoms with Crippen LogP contribution in [0.15, 0.2) is 30.3 Å². The monoisotopic (exact) mass is 287 g/mol. The Bertz CT molecular complexity index is 528. The van der Waals surface area contributed by atoms with Crippen molar-refractivity contribution in [2.75, 3.05) is 6.54 Å². The number of nitrogens with one attached hydrogen (secondary N) is 1. The molecule has 3 rings (SSSR count). The lowest BCUT2D eigenvalue weighted by molar-refractivity contribution is -0.149. The first kappa shape index (κ1) is 14.1. The number of rotatable bonds is 5. The summed E-state index contributed by atoms with van der Waals surface area (Å²) in [6.45, 7) is 0.572. The highest BCUT2D eigenvalue weighted by molar-refractivity contribution is 5.86. The van der Waals surface area contributed by atoms with Crippen molar-refractivity contribution >= 4 is 11.9 Å². The minimum atomic E-state index is -0.801. The summed E-state index contributed by atoms with van der Waals surface area (Å²) >= 11 is 0. The predicted molar refractivity (Wildman–Crippen MR) is 78.6 cm³/mol. The molecular formula is C17H21NO3. The molecule has 2 aliphatic rings. The number of aliphatic carboxylic acids is 1. The Balaban J connectivity index is 1.56. The molecule has 2 aliphatic carbocycles. The van der Waals surface area contributed by atoms with Crippen LogP contribution in [-0.4, -0.2) is 23.5 Å². The number of fused-ring (bicyclic) bond motifs is 2. The SMILES string of the molecule is O=C(O)[C@H]1[C@H]2CC[C@H](C2)[C@@H]1C(=O)NCCc1ccccc1. The number of hydrogen-bond donors (Lipinski definition) is 2. The Morgan fingerprint density at radius 1 is 1.10 bits per heavy atom. The van der Waals surface area contributed by atoms with E-state index in [4.69, 9.17) is 0 Å². The number of benzene rings is 1. The van der Waals surface area contributed by atoms with E-state index in [2.05, 4.69) is 5.32 Å². The van der Waals surface area contributed by atoms with Crippen molar-refractivity contribution < 1.29 is 14.7 Å². The van der Waals surface area contributed by atoms with Gasteiger partial charge in [0.25, 0.3) is 0 Å². The first-order chi connectivity index (χ1) is 10.2. The summed E-state index contributed by atoms with van der Waals surface area (Å²) in [7, 11) is 0. The van der Waals surface area contributed by atoms with E-state index in [9.17, 15) is 14.7 Å². The fourth-order valence-electron chi connectivity index (χ4n) is 4.12. The Kier molecular flexibility index (Phi) is 3.95. The molecule has 21 heavy (non-hydrogen) atoms. The number of carbonyl (C=O) groups excluding carboxylic acids is 1. The van der Waals surface area contributed by atoms with Crippen LogP contribution in [0, 0.1) is 23.7 Å². The summed E-state index contributed by atoms with van der Waals surface area (Å²) in [6.07, 6.45) is 3.67. The van der Waals surface area contributed by atoms with Crippen LogP contribution in [0.1, 0.15) is 24.8 Å². The number of amides is 1. The number of carboxylic acids is 1. The topological polar surface area (TPSA) is 66.4 Å². The molecule has 2 fully saturated rings. The van der Waals surface area contributed by atoms with Gasteiger partial charge in [0, 0.05) is 6.54 Å².